The van der Waals surface area contributed by atoms with E-state index in [1.807, 2.05) is 24.3 Å². The van der Waals surface area contributed by atoms with Crippen LogP contribution in [0.3, 0.4) is 0 Å². The zero-order valence-corrected chi connectivity index (χ0v) is 14.1. The van der Waals surface area contributed by atoms with Crippen molar-refractivity contribution in [3.8, 4) is 0 Å². The number of thioether (sulfide) groups is 1. The Kier molecular flexibility index (Phi) is 4.88. The van der Waals surface area contributed by atoms with E-state index >= 15 is 0 Å². The summed E-state index contributed by atoms with van der Waals surface area (Å²) >= 11 is 7.17. The molecule has 1 amide bonds. The molecule has 6 heteroatoms. The minimum atomic E-state index is -0.0939. The van der Waals surface area contributed by atoms with E-state index in [2.05, 4.69) is 17.2 Å². The summed E-state index contributed by atoms with van der Waals surface area (Å²) in [5.74, 6) is 0.139. The van der Waals surface area contributed by atoms with Crippen molar-refractivity contribution in [2.24, 2.45) is 0 Å². The molecular formula is C17H15ClN2O2S. The number of amides is 1. The van der Waals surface area contributed by atoms with Crippen LogP contribution in [-0.2, 0) is 11.2 Å². The fraction of sp³-hybridized carbons (Fsp3) is 0.176. The van der Waals surface area contributed by atoms with E-state index in [0.29, 0.717) is 21.3 Å². The third kappa shape index (κ3) is 4.06. The molecule has 0 unspecified atom stereocenters. The van der Waals surface area contributed by atoms with Crippen LogP contribution in [0, 0.1) is 0 Å². The van der Waals surface area contributed by atoms with Crippen molar-refractivity contribution in [1.82, 2.24) is 4.98 Å². The minimum Gasteiger partial charge on any atom is -0.431 e. The first-order valence-corrected chi connectivity index (χ1v) is 8.58. The maximum Gasteiger partial charge on any atom is 0.257 e. The first-order valence-electron chi connectivity index (χ1n) is 7.21. The van der Waals surface area contributed by atoms with Crippen LogP contribution in [0.25, 0.3) is 11.1 Å². The van der Waals surface area contributed by atoms with Crippen LogP contribution in [0.1, 0.15) is 12.5 Å². The maximum absolute atomic E-state index is 12.0. The number of hydrogen-bond donors (Lipinski definition) is 1. The molecule has 0 fully saturated rings. The van der Waals surface area contributed by atoms with Crippen molar-refractivity contribution < 1.29 is 9.21 Å². The summed E-state index contributed by atoms with van der Waals surface area (Å²) < 4.78 is 5.57. The molecule has 0 radical (unpaired) electrons. The fourth-order valence-electron chi connectivity index (χ4n) is 2.13. The Hall–Kier alpha value is -1.98. The summed E-state index contributed by atoms with van der Waals surface area (Å²) in [6, 6.07) is 13.1. The van der Waals surface area contributed by atoms with Gasteiger partial charge in [0.05, 0.1) is 5.75 Å². The molecule has 2 aromatic carbocycles. The van der Waals surface area contributed by atoms with Gasteiger partial charge in [-0.2, -0.15) is 0 Å². The Labute approximate surface area is 143 Å². The molecule has 0 atom stereocenters. The number of carbonyl (C=O) groups excluding carboxylic acids is 1. The van der Waals surface area contributed by atoms with Gasteiger partial charge in [0.15, 0.2) is 5.58 Å². The molecule has 1 heterocycles. The molecule has 0 aliphatic rings. The number of hydrogen-bond acceptors (Lipinski definition) is 4. The predicted octanol–water partition coefficient (Wildman–Crippen LogP) is 4.77. The third-order valence-corrected chi connectivity index (χ3v) is 4.34. The van der Waals surface area contributed by atoms with Gasteiger partial charge in [-0.1, -0.05) is 42.4 Å². The predicted molar refractivity (Wildman–Crippen MR) is 94.2 cm³/mol. The van der Waals surface area contributed by atoms with Crippen molar-refractivity contribution in [3.63, 3.8) is 0 Å². The van der Waals surface area contributed by atoms with Crippen molar-refractivity contribution in [3.05, 3.63) is 53.1 Å². The fourth-order valence-corrected chi connectivity index (χ4v) is 2.94. The summed E-state index contributed by atoms with van der Waals surface area (Å²) in [5, 5.41) is 3.94. The Morgan fingerprint density at radius 2 is 2.17 bits per heavy atom. The minimum absolute atomic E-state index is 0.0939. The molecule has 0 spiro atoms. The van der Waals surface area contributed by atoms with Gasteiger partial charge in [-0.15, -0.1) is 0 Å². The number of fused-ring (bicyclic) bond motifs is 1. The Balaban J connectivity index is 1.61. The van der Waals surface area contributed by atoms with Gasteiger partial charge in [0.25, 0.3) is 5.22 Å². The van der Waals surface area contributed by atoms with Crippen LogP contribution in [-0.4, -0.2) is 16.6 Å². The van der Waals surface area contributed by atoms with Crippen molar-refractivity contribution >= 4 is 46.1 Å². The molecule has 0 aliphatic carbocycles. The zero-order chi connectivity index (χ0) is 16.2. The number of halogens is 1. The number of oxazole rings is 1. The molecule has 23 heavy (non-hydrogen) atoms. The van der Waals surface area contributed by atoms with Gasteiger partial charge in [0.2, 0.25) is 5.91 Å². The van der Waals surface area contributed by atoms with E-state index in [4.69, 9.17) is 16.0 Å². The van der Waals surface area contributed by atoms with Crippen LogP contribution >= 0.6 is 23.4 Å². The quantitative estimate of drug-likeness (QED) is 0.676. The van der Waals surface area contributed by atoms with E-state index < -0.39 is 0 Å². The number of carbonyl (C=O) groups is 1. The van der Waals surface area contributed by atoms with E-state index in [1.54, 1.807) is 18.2 Å². The van der Waals surface area contributed by atoms with Gasteiger partial charge in [-0.05, 0) is 42.3 Å². The van der Waals surface area contributed by atoms with Gasteiger partial charge in [0.1, 0.15) is 5.52 Å². The number of rotatable bonds is 5. The highest BCUT2D eigenvalue weighted by atomic mass is 35.5. The van der Waals surface area contributed by atoms with Gasteiger partial charge in [0, 0.05) is 10.7 Å². The largest absolute Gasteiger partial charge is 0.431 e. The van der Waals surface area contributed by atoms with E-state index in [9.17, 15) is 4.79 Å². The summed E-state index contributed by atoms with van der Waals surface area (Å²) in [4.78, 5) is 16.3. The molecule has 1 aromatic heterocycles. The Bertz CT molecular complexity index is 847. The van der Waals surface area contributed by atoms with Crippen molar-refractivity contribution in [2.45, 2.75) is 18.6 Å². The SMILES string of the molecule is CCc1cccc(NC(=O)CSc2nc3cc(Cl)ccc3o2)c1. The zero-order valence-electron chi connectivity index (χ0n) is 12.5. The van der Waals surface area contributed by atoms with Gasteiger partial charge in [-0.25, -0.2) is 4.98 Å². The summed E-state index contributed by atoms with van der Waals surface area (Å²) in [6.45, 7) is 2.08. The Morgan fingerprint density at radius 3 is 3.00 bits per heavy atom. The normalized spacial score (nSPS) is 10.9. The lowest BCUT2D eigenvalue weighted by Crippen LogP contribution is -2.14. The molecule has 3 aromatic rings. The second-order valence-corrected chi connectivity index (χ2v) is 6.35. The van der Waals surface area contributed by atoms with Crippen LogP contribution in [0.2, 0.25) is 5.02 Å². The van der Waals surface area contributed by atoms with Crippen LogP contribution in [0.15, 0.2) is 52.1 Å². The van der Waals surface area contributed by atoms with Crippen LogP contribution < -0.4 is 5.32 Å². The highest BCUT2D eigenvalue weighted by Crippen LogP contribution is 2.25. The smallest absolute Gasteiger partial charge is 0.257 e. The Morgan fingerprint density at radius 1 is 1.30 bits per heavy atom. The average Bonchev–Trinajstić information content (AvgIpc) is 2.95. The number of anilines is 1. The number of aryl methyl sites for hydroxylation is 1. The second-order valence-electron chi connectivity index (χ2n) is 4.98. The number of benzene rings is 2. The van der Waals surface area contributed by atoms with Gasteiger partial charge >= 0.3 is 0 Å². The topological polar surface area (TPSA) is 55.1 Å². The van der Waals surface area contributed by atoms with Gasteiger partial charge < -0.3 is 9.73 Å². The first kappa shape index (κ1) is 15.9. The molecule has 1 N–H and O–H groups in total. The second kappa shape index (κ2) is 7.06. The maximum atomic E-state index is 12.0. The molecule has 0 saturated heterocycles. The monoisotopic (exact) mass is 346 g/mol. The van der Waals surface area contributed by atoms with E-state index in [0.717, 1.165) is 12.1 Å². The highest BCUT2D eigenvalue weighted by Gasteiger charge is 2.10. The molecule has 0 saturated carbocycles. The third-order valence-electron chi connectivity index (χ3n) is 3.28. The summed E-state index contributed by atoms with van der Waals surface area (Å²) in [5.41, 5.74) is 3.34. The lowest BCUT2D eigenvalue weighted by molar-refractivity contribution is -0.113. The van der Waals surface area contributed by atoms with E-state index in [1.165, 1.54) is 17.3 Å². The van der Waals surface area contributed by atoms with Crippen molar-refractivity contribution in [2.75, 3.05) is 11.1 Å². The van der Waals surface area contributed by atoms with E-state index in [-0.39, 0.29) is 11.7 Å². The van der Waals surface area contributed by atoms with Gasteiger partial charge in [-0.3, -0.25) is 4.79 Å². The summed E-state index contributed by atoms with van der Waals surface area (Å²) in [6.07, 6.45) is 0.934. The number of aromatic nitrogens is 1. The molecule has 3 rings (SSSR count). The first-order chi connectivity index (χ1) is 11.1. The molecule has 0 bridgehead atoms. The van der Waals surface area contributed by atoms with Crippen molar-refractivity contribution in [1.29, 1.82) is 0 Å². The molecule has 118 valence electrons. The highest BCUT2D eigenvalue weighted by molar-refractivity contribution is 7.99. The molecule has 4 nitrogen and oxygen atoms in total. The lowest BCUT2D eigenvalue weighted by Gasteiger charge is -2.05. The lowest BCUT2D eigenvalue weighted by atomic mass is 10.1. The summed E-state index contributed by atoms with van der Waals surface area (Å²) in [7, 11) is 0. The number of nitrogens with one attached hydrogen (secondary N) is 1. The number of nitrogens with zero attached hydrogens (tertiary/aromatic N) is 1. The standard InChI is InChI=1S/C17H15ClN2O2S/c1-2-11-4-3-5-13(8-11)19-16(21)10-23-17-20-14-9-12(18)6-7-15(14)22-17/h3-9H,2,10H2,1H3,(H,19,21). The molecular weight excluding hydrogens is 332 g/mol. The average molecular weight is 347 g/mol. The van der Waals surface area contributed by atoms with Crippen LogP contribution in [0.4, 0.5) is 5.69 Å². The molecule has 0 aliphatic heterocycles. The van der Waals surface area contributed by atoms with Crippen LogP contribution in [0.5, 0.6) is 0 Å².